The van der Waals surface area contributed by atoms with Crippen LogP contribution in [0.3, 0.4) is 0 Å². The summed E-state index contributed by atoms with van der Waals surface area (Å²) >= 11 is 1.02. The van der Waals surface area contributed by atoms with Gasteiger partial charge in [-0.15, -0.1) is 0 Å². The van der Waals surface area contributed by atoms with Crippen LogP contribution in [0.2, 0.25) is 0 Å². The summed E-state index contributed by atoms with van der Waals surface area (Å²) in [5, 5.41) is 11.0. The number of fused-ring (bicyclic) bond motifs is 4. The second-order valence-electron chi connectivity index (χ2n) is 8.27. The van der Waals surface area contributed by atoms with E-state index in [0.29, 0.717) is 27.8 Å². The largest absolute Gasteiger partial charge is 0.505 e. The number of pyridine rings is 1. The first-order valence-corrected chi connectivity index (χ1v) is 11.0. The highest BCUT2D eigenvalue weighted by Crippen LogP contribution is 2.45. The van der Waals surface area contributed by atoms with Gasteiger partial charge in [-0.05, 0) is 42.0 Å². The number of rotatable bonds is 4. The molecule has 0 spiro atoms. The number of methoxy groups -OCH3 is 2. The Bertz CT molecular complexity index is 1550. The topological polar surface area (TPSA) is 90.9 Å². The van der Waals surface area contributed by atoms with Gasteiger partial charge in [-0.25, -0.2) is 4.79 Å². The molecule has 2 aromatic carbocycles. The highest BCUT2D eigenvalue weighted by Gasteiger charge is 2.38. The summed E-state index contributed by atoms with van der Waals surface area (Å²) in [6, 6.07) is 14.2. The van der Waals surface area contributed by atoms with Crippen LogP contribution in [0.15, 0.2) is 72.3 Å². The standard InChI is InChI=1S/C25H21NO6S/c1-25(2)16-11-14(31-4)8-9-17(16)26-19(25)12-18-20(23(26)28)21(27)22(24(29)32-18)33-15-7-5-6-13(10-15)30-3/h5-12,27H,1-4H3. The van der Waals surface area contributed by atoms with E-state index in [9.17, 15) is 14.7 Å². The number of ether oxygens (including phenoxy) is 2. The quantitative estimate of drug-likeness (QED) is 0.478. The van der Waals surface area contributed by atoms with Gasteiger partial charge in [-0.3, -0.25) is 9.36 Å². The molecule has 0 radical (unpaired) electrons. The van der Waals surface area contributed by atoms with Gasteiger partial charge in [0.15, 0.2) is 5.75 Å². The maximum atomic E-state index is 13.6. The highest BCUT2D eigenvalue weighted by atomic mass is 32.2. The summed E-state index contributed by atoms with van der Waals surface area (Å²) < 4.78 is 17.7. The van der Waals surface area contributed by atoms with Crippen LogP contribution in [-0.4, -0.2) is 23.9 Å². The Morgan fingerprint density at radius 2 is 1.73 bits per heavy atom. The maximum absolute atomic E-state index is 13.6. The fourth-order valence-corrected chi connectivity index (χ4v) is 5.17. The van der Waals surface area contributed by atoms with E-state index in [-0.39, 0.29) is 15.9 Å². The number of aromatic nitrogens is 1. The molecule has 1 aliphatic rings. The Morgan fingerprint density at radius 3 is 2.45 bits per heavy atom. The van der Waals surface area contributed by atoms with Crippen molar-refractivity contribution in [3.63, 3.8) is 0 Å². The predicted molar refractivity (Wildman–Crippen MR) is 126 cm³/mol. The molecule has 168 valence electrons. The van der Waals surface area contributed by atoms with Gasteiger partial charge in [0.1, 0.15) is 27.4 Å². The lowest BCUT2D eigenvalue weighted by molar-refractivity contribution is 0.413. The Hall–Kier alpha value is -3.65. The first-order chi connectivity index (χ1) is 15.8. The summed E-state index contributed by atoms with van der Waals surface area (Å²) in [6.07, 6.45) is 0. The Kier molecular flexibility index (Phi) is 4.79. The van der Waals surface area contributed by atoms with E-state index in [1.165, 1.54) is 0 Å². The van der Waals surface area contributed by atoms with Crippen molar-refractivity contribution in [1.29, 1.82) is 0 Å². The fourth-order valence-electron chi connectivity index (χ4n) is 4.29. The van der Waals surface area contributed by atoms with Crippen LogP contribution < -0.4 is 20.7 Å². The molecular formula is C25H21NO6S. The summed E-state index contributed by atoms with van der Waals surface area (Å²) in [5.74, 6) is 0.893. The van der Waals surface area contributed by atoms with Crippen molar-refractivity contribution >= 4 is 22.7 Å². The molecule has 0 atom stereocenters. The summed E-state index contributed by atoms with van der Waals surface area (Å²) in [5.41, 5.74) is 0.618. The summed E-state index contributed by atoms with van der Waals surface area (Å²) in [6.45, 7) is 3.97. The van der Waals surface area contributed by atoms with Crippen LogP contribution in [-0.2, 0) is 5.41 Å². The Balaban J connectivity index is 1.75. The average Bonchev–Trinajstić information content (AvgIpc) is 3.03. The maximum Gasteiger partial charge on any atom is 0.354 e. The number of nitrogens with zero attached hydrogens (tertiary/aromatic N) is 1. The molecule has 1 N–H and O–H groups in total. The molecule has 33 heavy (non-hydrogen) atoms. The third-order valence-electron chi connectivity index (χ3n) is 6.03. The van der Waals surface area contributed by atoms with Gasteiger partial charge >= 0.3 is 5.63 Å². The minimum absolute atomic E-state index is 0.0387. The third-order valence-corrected chi connectivity index (χ3v) is 7.09. The smallest absolute Gasteiger partial charge is 0.354 e. The van der Waals surface area contributed by atoms with Crippen molar-refractivity contribution in [3.05, 3.63) is 80.6 Å². The van der Waals surface area contributed by atoms with Crippen molar-refractivity contribution in [1.82, 2.24) is 4.57 Å². The van der Waals surface area contributed by atoms with E-state index in [4.69, 9.17) is 13.9 Å². The number of benzene rings is 2. The molecule has 2 aromatic heterocycles. The highest BCUT2D eigenvalue weighted by molar-refractivity contribution is 7.99. The zero-order chi connectivity index (χ0) is 23.5. The van der Waals surface area contributed by atoms with Gasteiger partial charge in [-0.2, -0.15) is 0 Å². The monoisotopic (exact) mass is 463 g/mol. The van der Waals surface area contributed by atoms with Crippen LogP contribution in [0.25, 0.3) is 16.7 Å². The molecule has 0 fully saturated rings. The minimum atomic E-state index is -0.716. The molecule has 0 bridgehead atoms. The van der Waals surface area contributed by atoms with Crippen LogP contribution in [0.1, 0.15) is 25.1 Å². The fraction of sp³-hybridized carbons (Fsp3) is 0.200. The SMILES string of the molecule is COc1cccc(Sc2c(O)c3c(=O)n4c(cc3oc2=O)C(C)(C)c2cc(OC)ccc2-4)c1. The van der Waals surface area contributed by atoms with Crippen LogP contribution in [0.5, 0.6) is 17.2 Å². The van der Waals surface area contributed by atoms with Crippen molar-refractivity contribution in [3.8, 4) is 22.9 Å². The first kappa shape index (κ1) is 21.2. The summed E-state index contributed by atoms with van der Waals surface area (Å²) in [7, 11) is 3.13. The van der Waals surface area contributed by atoms with Gasteiger partial charge in [0.25, 0.3) is 5.56 Å². The lowest BCUT2D eigenvalue weighted by atomic mass is 9.83. The van der Waals surface area contributed by atoms with Gasteiger partial charge < -0.3 is 19.0 Å². The Labute approximate surface area is 193 Å². The number of hydrogen-bond acceptors (Lipinski definition) is 7. The second-order valence-corrected chi connectivity index (χ2v) is 9.35. The Morgan fingerprint density at radius 1 is 1.00 bits per heavy atom. The zero-order valence-corrected chi connectivity index (χ0v) is 19.3. The van der Waals surface area contributed by atoms with E-state index >= 15 is 0 Å². The average molecular weight is 464 g/mol. The first-order valence-electron chi connectivity index (χ1n) is 10.2. The van der Waals surface area contributed by atoms with Crippen LogP contribution in [0, 0.1) is 0 Å². The van der Waals surface area contributed by atoms with E-state index in [2.05, 4.69) is 0 Å². The van der Waals surface area contributed by atoms with Crippen molar-refractivity contribution in [2.24, 2.45) is 0 Å². The molecular weight excluding hydrogens is 442 g/mol. The van der Waals surface area contributed by atoms with Crippen molar-refractivity contribution < 1.29 is 19.0 Å². The van der Waals surface area contributed by atoms with Gasteiger partial charge in [0, 0.05) is 22.1 Å². The second kappa shape index (κ2) is 7.45. The number of hydrogen-bond donors (Lipinski definition) is 1. The predicted octanol–water partition coefficient (Wildman–Crippen LogP) is 4.46. The molecule has 0 saturated heterocycles. The zero-order valence-electron chi connectivity index (χ0n) is 18.5. The molecule has 0 amide bonds. The lowest BCUT2D eigenvalue weighted by Crippen LogP contribution is -2.24. The van der Waals surface area contributed by atoms with E-state index in [1.807, 2.05) is 26.0 Å². The van der Waals surface area contributed by atoms with Gasteiger partial charge in [0.2, 0.25) is 0 Å². The van der Waals surface area contributed by atoms with Crippen molar-refractivity contribution in [2.75, 3.05) is 14.2 Å². The number of aromatic hydroxyl groups is 1. The van der Waals surface area contributed by atoms with Crippen LogP contribution >= 0.6 is 11.8 Å². The molecule has 0 unspecified atom stereocenters. The molecule has 3 heterocycles. The molecule has 0 saturated carbocycles. The normalized spacial score (nSPS) is 13.6. The molecule has 5 rings (SSSR count). The van der Waals surface area contributed by atoms with E-state index in [0.717, 1.165) is 17.3 Å². The van der Waals surface area contributed by atoms with E-state index < -0.39 is 22.3 Å². The van der Waals surface area contributed by atoms with Gasteiger partial charge in [0.05, 0.1) is 19.9 Å². The summed E-state index contributed by atoms with van der Waals surface area (Å²) in [4.78, 5) is 27.0. The van der Waals surface area contributed by atoms with Crippen molar-refractivity contribution in [2.45, 2.75) is 29.1 Å². The molecule has 4 aromatic rings. The molecule has 1 aliphatic heterocycles. The van der Waals surface area contributed by atoms with Crippen LogP contribution in [0.4, 0.5) is 0 Å². The lowest BCUT2D eigenvalue weighted by Gasteiger charge is -2.20. The third kappa shape index (κ3) is 3.13. The van der Waals surface area contributed by atoms with Gasteiger partial charge in [-0.1, -0.05) is 31.7 Å². The molecule has 7 nitrogen and oxygen atoms in total. The van der Waals surface area contributed by atoms with E-state index in [1.54, 1.807) is 55.2 Å². The molecule has 0 aliphatic carbocycles. The minimum Gasteiger partial charge on any atom is -0.505 e. The molecule has 8 heteroatoms.